The normalized spacial score (nSPS) is 11.5. The highest BCUT2D eigenvalue weighted by Crippen LogP contribution is 2.23. The molecule has 3 aromatic rings. The van der Waals surface area contributed by atoms with Gasteiger partial charge in [0.15, 0.2) is 0 Å². The van der Waals surface area contributed by atoms with Gasteiger partial charge in [0.25, 0.3) is 0 Å². The second kappa shape index (κ2) is 6.63. The van der Waals surface area contributed by atoms with Crippen molar-refractivity contribution in [1.82, 2.24) is 0 Å². The van der Waals surface area contributed by atoms with E-state index in [0.717, 1.165) is 16.7 Å². The van der Waals surface area contributed by atoms with Crippen LogP contribution in [0.1, 0.15) is 5.56 Å². The SMILES string of the molecule is NC(=Nc1ccc(F)c(Cl)c1)c1ccc(-c2ccccc2)cc1. The summed E-state index contributed by atoms with van der Waals surface area (Å²) in [5.74, 6) is -0.122. The monoisotopic (exact) mass is 324 g/mol. The van der Waals surface area contributed by atoms with Gasteiger partial charge in [0.2, 0.25) is 0 Å². The number of hydrogen-bond donors (Lipinski definition) is 1. The number of nitrogens with zero attached hydrogens (tertiary/aromatic N) is 1. The predicted molar refractivity (Wildman–Crippen MR) is 93.7 cm³/mol. The second-order valence-corrected chi connectivity index (χ2v) is 5.45. The van der Waals surface area contributed by atoms with Crippen LogP contribution in [0.2, 0.25) is 5.02 Å². The van der Waals surface area contributed by atoms with Gasteiger partial charge in [-0.25, -0.2) is 9.38 Å². The molecule has 0 fully saturated rings. The van der Waals surface area contributed by atoms with Gasteiger partial charge in [-0.1, -0.05) is 66.2 Å². The van der Waals surface area contributed by atoms with Gasteiger partial charge in [0.05, 0.1) is 10.7 Å². The van der Waals surface area contributed by atoms with Gasteiger partial charge in [-0.05, 0) is 29.3 Å². The number of halogens is 2. The zero-order chi connectivity index (χ0) is 16.2. The first-order valence-electron chi connectivity index (χ1n) is 7.08. The van der Waals surface area contributed by atoms with Crippen molar-refractivity contribution in [2.24, 2.45) is 10.7 Å². The molecule has 0 amide bonds. The zero-order valence-electron chi connectivity index (χ0n) is 12.2. The minimum Gasteiger partial charge on any atom is -0.383 e. The van der Waals surface area contributed by atoms with Crippen molar-refractivity contribution < 1.29 is 4.39 Å². The molecule has 23 heavy (non-hydrogen) atoms. The Morgan fingerprint density at radius 1 is 0.870 bits per heavy atom. The van der Waals surface area contributed by atoms with Crippen LogP contribution in [0, 0.1) is 5.82 Å². The van der Waals surface area contributed by atoms with Crippen molar-refractivity contribution in [3.8, 4) is 11.1 Å². The largest absolute Gasteiger partial charge is 0.383 e. The summed E-state index contributed by atoms with van der Waals surface area (Å²) in [6, 6.07) is 22.1. The molecule has 0 aliphatic carbocycles. The van der Waals surface area contributed by atoms with E-state index in [1.165, 1.54) is 18.2 Å². The fraction of sp³-hybridized carbons (Fsp3) is 0. The lowest BCUT2D eigenvalue weighted by molar-refractivity contribution is 0.628. The van der Waals surface area contributed by atoms with Crippen molar-refractivity contribution in [3.05, 3.63) is 89.2 Å². The molecule has 3 rings (SSSR count). The van der Waals surface area contributed by atoms with Crippen LogP contribution in [0.25, 0.3) is 11.1 Å². The molecular formula is C19H14ClFN2. The maximum Gasteiger partial charge on any atom is 0.141 e. The van der Waals surface area contributed by atoms with Crippen molar-refractivity contribution in [3.63, 3.8) is 0 Å². The lowest BCUT2D eigenvalue weighted by Gasteiger charge is -2.05. The van der Waals surface area contributed by atoms with Gasteiger partial charge in [0.1, 0.15) is 11.7 Å². The van der Waals surface area contributed by atoms with E-state index in [0.29, 0.717) is 11.5 Å². The molecule has 0 bridgehead atoms. The van der Waals surface area contributed by atoms with Crippen molar-refractivity contribution in [2.75, 3.05) is 0 Å². The summed E-state index contributed by atoms with van der Waals surface area (Å²) in [6.45, 7) is 0. The molecule has 2 nitrogen and oxygen atoms in total. The minimum atomic E-state index is -0.476. The van der Waals surface area contributed by atoms with Gasteiger partial charge < -0.3 is 5.73 Å². The number of hydrogen-bond acceptors (Lipinski definition) is 1. The quantitative estimate of drug-likeness (QED) is 0.523. The fourth-order valence-corrected chi connectivity index (χ4v) is 2.40. The summed E-state index contributed by atoms with van der Waals surface area (Å²) in [7, 11) is 0. The van der Waals surface area contributed by atoms with Crippen LogP contribution in [0.15, 0.2) is 77.8 Å². The van der Waals surface area contributed by atoms with Gasteiger partial charge in [-0.15, -0.1) is 0 Å². The molecular weight excluding hydrogens is 311 g/mol. The van der Waals surface area contributed by atoms with Gasteiger partial charge in [-0.2, -0.15) is 0 Å². The Hall–Kier alpha value is -2.65. The van der Waals surface area contributed by atoms with Crippen LogP contribution >= 0.6 is 11.6 Å². The predicted octanol–water partition coefficient (Wildman–Crippen LogP) is 5.18. The highest BCUT2D eigenvalue weighted by atomic mass is 35.5. The van der Waals surface area contributed by atoms with Crippen molar-refractivity contribution >= 4 is 23.1 Å². The Labute approximate surface area is 139 Å². The second-order valence-electron chi connectivity index (χ2n) is 5.04. The summed E-state index contributed by atoms with van der Waals surface area (Å²) >= 11 is 5.75. The molecule has 0 saturated heterocycles. The van der Waals surface area contributed by atoms with Crippen LogP contribution in [-0.4, -0.2) is 5.84 Å². The summed E-state index contributed by atoms with van der Waals surface area (Å²) < 4.78 is 13.2. The van der Waals surface area contributed by atoms with E-state index >= 15 is 0 Å². The maximum absolute atomic E-state index is 13.2. The van der Waals surface area contributed by atoms with Gasteiger partial charge >= 0.3 is 0 Å². The summed E-state index contributed by atoms with van der Waals surface area (Å²) in [5, 5.41) is 0.0264. The first kappa shape index (κ1) is 15.3. The lowest BCUT2D eigenvalue weighted by Crippen LogP contribution is -2.12. The number of amidine groups is 1. The highest BCUT2D eigenvalue weighted by Gasteiger charge is 2.03. The molecule has 2 N–H and O–H groups in total. The molecule has 3 aromatic carbocycles. The first-order chi connectivity index (χ1) is 11.1. The smallest absolute Gasteiger partial charge is 0.141 e. The fourth-order valence-electron chi connectivity index (χ4n) is 2.22. The molecule has 0 atom stereocenters. The average Bonchev–Trinajstić information content (AvgIpc) is 2.59. The molecule has 114 valence electrons. The minimum absolute atomic E-state index is 0.0264. The molecule has 0 radical (unpaired) electrons. The summed E-state index contributed by atoms with van der Waals surface area (Å²) in [4.78, 5) is 4.28. The molecule has 0 aliphatic rings. The standard InChI is InChI=1S/C19H14ClFN2/c20-17-12-16(10-11-18(17)21)23-19(22)15-8-6-14(7-9-15)13-4-2-1-3-5-13/h1-12H,(H2,22,23). The molecule has 4 heteroatoms. The Bertz CT molecular complexity index is 843. The Morgan fingerprint density at radius 2 is 1.52 bits per heavy atom. The third kappa shape index (κ3) is 3.58. The van der Waals surface area contributed by atoms with Crippen LogP contribution in [0.5, 0.6) is 0 Å². The zero-order valence-corrected chi connectivity index (χ0v) is 13.0. The summed E-state index contributed by atoms with van der Waals surface area (Å²) in [5.41, 5.74) is 9.57. The molecule has 0 unspecified atom stereocenters. The van der Waals surface area contributed by atoms with Crippen molar-refractivity contribution in [1.29, 1.82) is 0 Å². The Balaban J connectivity index is 1.86. The number of rotatable bonds is 3. The van der Waals surface area contributed by atoms with E-state index in [-0.39, 0.29) is 5.02 Å². The highest BCUT2D eigenvalue weighted by molar-refractivity contribution is 6.31. The number of nitrogens with two attached hydrogens (primary N) is 1. The van der Waals surface area contributed by atoms with E-state index in [9.17, 15) is 4.39 Å². The first-order valence-corrected chi connectivity index (χ1v) is 7.46. The Morgan fingerprint density at radius 3 is 2.17 bits per heavy atom. The van der Waals surface area contributed by atoms with Crippen LogP contribution in [0.4, 0.5) is 10.1 Å². The van der Waals surface area contributed by atoms with E-state index in [1.807, 2.05) is 54.6 Å². The van der Waals surface area contributed by atoms with Crippen molar-refractivity contribution in [2.45, 2.75) is 0 Å². The van der Waals surface area contributed by atoms with E-state index in [4.69, 9.17) is 17.3 Å². The Kier molecular flexibility index (Phi) is 4.40. The topological polar surface area (TPSA) is 38.4 Å². The van der Waals surface area contributed by atoms with E-state index in [1.54, 1.807) is 0 Å². The number of aliphatic imine (C=N–C) groups is 1. The van der Waals surface area contributed by atoms with Crippen LogP contribution < -0.4 is 5.73 Å². The molecule has 0 aliphatic heterocycles. The summed E-state index contributed by atoms with van der Waals surface area (Å²) in [6.07, 6.45) is 0. The van der Waals surface area contributed by atoms with Crippen LogP contribution in [-0.2, 0) is 0 Å². The molecule has 0 aromatic heterocycles. The average molecular weight is 325 g/mol. The van der Waals surface area contributed by atoms with E-state index in [2.05, 4.69) is 4.99 Å². The number of benzene rings is 3. The van der Waals surface area contributed by atoms with Gasteiger partial charge in [0, 0.05) is 5.56 Å². The van der Waals surface area contributed by atoms with Crippen LogP contribution in [0.3, 0.4) is 0 Å². The van der Waals surface area contributed by atoms with E-state index < -0.39 is 5.82 Å². The molecule has 0 spiro atoms. The third-order valence-electron chi connectivity index (χ3n) is 3.44. The maximum atomic E-state index is 13.2. The van der Waals surface area contributed by atoms with Gasteiger partial charge in [-0.3, -0.25) is 0 Å². The third-order valence-corrected chi connectivity index (χ3v) is 3.73. The lowest BCUT2D eigenvalue weighted by atomic mass is 10.0. The molecule has 0 heterocycles. The molecule has 0 saturated carbocycles.